The zero-order valence-corrected chi connectivity index (χ0v) is 9.91. The van der Waals surface area contributed by atoms with Crippen LogP contribution in [0.15, 0.2) is 24.3 Å². The van der Waals surface area contributed by atoms with Crippen LogP contribution in [0.25, 0.3) is 0 Å². The van der Waals surface area contributed by atoms with E-state index < -0.39 is 0 Å². The van der Waals surface area contributed by atoms with Gasteiger partial charge in [-0.25, -0.2) is 0 Å². The molecule has 0 aromatic heterocycles. The van der Waals surface area contributed by atoms with Crippen molar-refractivity contribution in [1.29, 1.82) is 0 Å². The Morgan fingerprint density at radius 1 is 1.19 bits per heavy atom. The predicted molar refractivity (Wildman–Crippen MR) is 70.5 cm³/mol. The zero-order valence-electron chi connectivity index (χ0n) is 9.91. The highest BCUT2D eigenvalue weighted by molar-refractivity contribution is 5.65. The molecular weight excluding hydrogens is 196 g/mol. The molecule has 0 bridgehead atoms. The summed E-state index contributed by atoms with van der Waals surface area (Å²) in [7, 11) is 0. The summed E-state index contributed by atoms with van der Waals surface area (Å²) in [4.78, 5) is 0. The van der Waals surface area contributed by atoms with Gasteiger partial charge in [0.2, 0.25) is 0 Å². The lowest BCUT2D eigenvalue weighted by Crippen LogP contribution is -2.05. The molecule has 0 radical (unpaired) electrons. The van der Waals surface area contributed by atoms with Crippen molar-refractivity contribution in [2.45, 2.75) is 38.5 Å². The van der Waals surface area contributed by atoms with Gasteiger partial charge in [-0.3, -0.25) is 0 Å². The van der Waals surface area contributed by atoms with Gasteiger partial charge in [-0.2, -0.15) is 0 Å². The molecule has 0 saturated heterocycles. The second-order valence-electron chi connectivity index (χ2n) is 4.81. The Kier molecular flexibility index (Phi) is 4.09. The van der Waals surface area contributed by atoms with Gasteiger partial charge in [-0.1, -0.05) is 37.8 Å². The first-order chi connectivity index (χ1) is 7.86. The van der Waals surface area contributed by atoms with Crippen LogP contribution in [-0.2, 0) is 0 Å². The van der Waals surface area contributed by atoms with Crippen molar-refractivity contribution in [2.75, 3.05) is 17.6 Å². The third-order valence-corrected chi connectivity index (χ3v) is 3.54. The highest BCUT2D eigenvalue weighted by atomic mass is 14.9. The molecule has 2 rings (SSSR count). The number of nitrogens with two attached hydrogens (primary N) is 1. The second-order valence-corrected chi connectivity index (χ2v) is 4.81. The minimum absolute atomic E-state index is 0.850. The van der Waals surface area contributed by atoms with E-state index in [-0.39, 0.29) is 0 Å². The van der Waals surface area contributed by atoms with Gasteiger partial charge in [-0.05, 0) is 30.9 Å². The van der Waals surface area contributed by atoms with E-state index in [1.165, 1.54) is 38.5 Å². The van der Waals surface area contributed by atoms with Crippen molar-refractivity contribution in [3.63, 3.8) is 0 Å². The summed E-state index contributed by atoms with van der Waals surface area (Å²) in [5.41, 5.74) is 7.79. The van der Waals surface area contributed by atoms with Gasteiger partial charge in [-0.15, -0.1) is 0 Å². The normalized spacial score (nSPS) is 16.5. The van der Waals surface area contributed by atoms with Crippen LogP contribution in [-0.4, -0.2) is 6.54 Å². The maximum Gasteiger partial charge on any atom is 0.0573 e. The molecule has 1 aliphatic rings. The van der Waals surface area contributed by atoms with Crippen LogP contribution in [0.5, 0.6) is 0 Å². The Labute approximate surface area is 98.2 Å². The first-order valence-corrected chi connectivity index (χ1v) is 6.44. The summed E-state index contributed by atoms with van der Waals surface area (Å²) in [5, 5.41) is 3.41. The Morgan fingerprint density at radius 2 is 1.94 bits per heavy atom. The summed E-state index contributed by atoms with van der Waals surface area (Å²) in [5.74, 6) is 0.995. The summed E-state index contributed by atoms with van der Waals surface area (Å²) >= 11 is 0. The maximum absolute atomic E-state index is 5.86. The molecule has 0 amide bonds. The Morgan fingerprint density at radius 3 is 2.69 bits per heavy atom. The van der Waals surface area contributed by atoms with Crippen molar-refractivity contribution in [2.24, 2.45) is 5.92 Å². The third-order valence-electron chi connectivity index (χ3n) is 3.54. The van der Waals surface area contributed by atoms with Crippen molar-refractivity contribution < 1.29 is 0 Å². The minimum Gasteiger partial charge on any atom is -0.397 e. The van der Waals surface area contributed by atoms with E-state index >= 15 is 0 Å². The molecule has 1 aromatic carbocycles. The average Bonchev–Trinajstić information content (AvgIpc) is 2.79. The van der Waals surface area contributed by atoms with E-state index in [0.717, 1.165) is 23.8 Å². The van der Waals surface area contributed by atoms with E-state index in [0.29, 0.717) is 0 Å². The predicted octanol–water partition coefficient (Wildman–Crippen LogP) is 3.65. The van der Waals surface area contributed by atoms with Crippen LogP contribution >= 0.6 is 0 Å². The fraction of sp³-hybridized carbons (Fsp3) is 0.571. The molecule has 1 aromatic rings. The van der Waals surface area contributed by atoms with Gasteiger partial charge in [0.25, 0.3) is 0 Å². The van der Waals surface area contributed by atoms with Gasteiger partial charge in [0.1, 0.15) is 0 Å². The minimum atomic E-state index is 0.850. The van der Waals surface area contributed by atoms with Crippen LogP contribution in [0.1, 0.15) is 38.5 Å². The molecule has 0 unspecified atom stereocenters. The Balaban J connectivity index is 1.66. The molecule has 1 saturated carbocycles. The quantitative estimate of drug-likeness (QED) is 0.585. The number of nitrogens with one attached hydrogen (secondary N) is 1. The van der Waals surface area contributed by atoms with E-state index in [4.69, 9.17) is 5.73 Å². The van der Waals surface area contributed by atoms with Gasteiger partial charge in [0.15, 0.2) is 0 Å². The monoisotopic (exact) mass is 218 g/mol. The first-order valence-electron chi connectivity index (χ1n) is 6.44. The second kappa shape index (κ2) is 5.78. The Bertz CT molecular complexity index is 316. The van der Waals surface area contributed by atoms with Gasteiger partial charge in [0, 0.05) is 6.54 Å². The highest BCUT2D eigenvalue weighted by Gasteiger charge is 2.13. The summed E-state index contributed by atoms with van der Waals surface area (Å²) in [6, 6.07) is 7.99. The van der Waals surface area contributed by atoms with Crippen LogP contribution in [0, 0.1) is 5.92 Å². The van der Waals surface area contributed by atoms with Crippen LogP contribution < -0.4 is 11.1 Å². The number of hydrogen-bond donors (Lipinski definition) is 2. The lowest BCUT2D eigenvalue weighted by atomic mass is 10.0. The Hall–Kier alpha value is -1.18. The van der Waals surface area contributed by atoms with Gasteiger partial charge < -0.3 is 11.1 Å². The molecule has 0 aliphatic heterocycles. The average molecular weight is 218 g/mol. The summed E-state index contributed by atoms with van der Waals surface area (Å²) in [6.45, 7) is 1.05. The number of nitrogen functional groups attached to an aromatic ring is 1. The summed E-state index contributed by atoms with van der Waals surface area (Å²) < 4.78 is 0. The third kappa shape index (κ3) is 3.16. The lowest BCUT2D eigenvalue weighted by molar-refractivity contribution is 0.491. The molecule has 88 valence electrons. The lowest BCUT2D eigenvalue weighted by Gasteiger charge is -2.11. The molecule has 0 heterocycles. The van der Waals surface area contributed by atoms with Crippen LogP contribution in [0.2, 0.25) is 0 Å². The number of hydrogen-bond acceptors (Lipinski definition) is 2. The van der Waals surface area contributed by atoms with Crippen molar-refractivity contribution in [3.8, 4) is 0 Å². The van der Waals surface area contributed by atoms with E-state index in [2.05, 4.69) is 5.32 Å². The number of anilines is 2. The van der Waals surface area contributed by atoms with E-state index in [1.54, 1.807) is 0 Å². The van der Waals surface area contributed by atoms with Gasteiger partial charge >= 0.3 is 0 Å². The van der Waals surface area contributed by atoms with Crippen molar-refractivity contribution in [1.82, 2.24) is 0 Å². The first kappa shape index (κ1) is 11.3. The SMILES string of the molecule is Nc1ccccc1NCCCC1CCCC1. The van der Waals surface area contributed by atoms with E-state index in [9.17, 15) is 0 Å². The van der Waals surface area contributed by atoms with Crippen LogP contribution in [0.3, 0.4) is 0 Å². The molecule has 2 nitrogen and oxygen atoms in total. The molecule has 0 atom stereocenters. The zero-order chi connectivity index (χ0) is 11.2. The van der Waals surface area contributed by atoms with Gasteiger partial charge in [0.05, 0.1) is 11.4 Å². The fourth-order valence-corrected chi connectivity index (χ4v) is 2.57. The smallest absolute Gasteiger partial charge is 0.0573 e. The maximum atomic E-state index is 5.86. The van der Waals surface area contributed by atoms with Crippen molar-refractivity contribution >= 4 is 11.4 Å². The van der Waals surface area contributed by atoms with Crippen LogP contribution in [0.4, 0.5) is 11.4 Å². The molecule has 1 aliphatic carbocycles. The topological polar surface area (TPSA) is 38.0 Å². The number of rotatable bonds is 5. The molecule has 0 spiro atoms. The largest absolute Gasteiger partial charge is 0.397 e. The molecule has 2 heteroatoms. The fourth-order valence-electron chi connectivity index (χ4n) is 2.57. The van der Waals surface area contributed by atoms with E-state index in [1.807, 2.05) is 24.3 Å². The number of benzene rings is 1. The standard InChI is InChI=1S/C14H22N2/c15-13-9-3-4-10-14(13)16-11-5-8-12-6-1-2-7-12/h3-4,9-10,12,16H,1-2,5-8,11,15H2. The summed E-state index contributed by atoms with van der Waals surface area (Å²) in [6.07, 6.45) is 8.44. The molecular formula is C14H22N2. The molecule has 3 N–H and O–H groups in total. The number of para-hydroxylation sites is 2. The van der Waals surface area contributed by atoms with Crippen molar-refractivity contribution in [3.05, 3.63) is 24.3 Å². The molecule has 1 fully saturated rings. The molecule has 16 heavy (non-hydrogen) atoms. The highest BCUT2D eigenvalue weighted by Crippen LogP contribution is 2.28.